The standard InChI is InChI=1S/C22H13Cl2FN2O4S/c23-16-6-4-12(8-17(16)24)18-7-5-15(31-18)10-19-21(29)27(22(30)32-19)11-20(28)26-14-3-1-2-13(25)9-14/h1-10H,11H2,(H,26,28)/b19-10-. The molecular weight excluding hydrogens is 478 g/mol. The Bertz CT molecular complexity index is 1270. The number of amides is 3. The minimum absolute atomic E-state index is 0.114. The lowest BCUT2D eigenvalue weighted by Crippen LogP contribution is -2.36. The number of anilines is 1. The number of carbonyl (C=O) groups is 3. The van der Waals surface area contributed by atoms with E-state index in [1.54, 1.807) is 30.3 Å². The van der Waals surface area contributed by atoms with Gasteiger partial charge in [-0.05, 0) is 60.3 Å². The van der Waals surface area contributed by atoms with Crippen molar-refractivity contribution in [1.29, 1.82) is 0 Å². The van der Waals surface area contributed by atoms with E-state index in [0.717, 1.165) is 11.0 Å². The van der Waals surface area contributed by atoms with E-state index in [4.69, 9.17) is 27.6 Å². The maximum Gasteiger partial charge on any atom is 0.294 e. The summed E-state index contributed by atoms with van der Waals surface area (Å²) in [6.07, 6.45) is 1.43. The lowest BCUT2D eigenvalue weighted by Gasteiger charge is -2.12. The average molecular weight is 491 g/mol. The Morgan fingerprint density at radius 1 is 1.09 bits per heavy atom. The van der Waals surface area contributed by atoms with Gasteiger partial charge in [0.1, 0.15) is 23.9 Å². The molecule has 2 aromatic carbocycles. The van der Waals surface area contributed by atoms with Crippen molar-refractivity contribution in [2.45, 2.75) is 0 Å². The highest BCUT2D eigenvalue weighted by Crippen LogP contribution is 2.34. The maximum absolute atomic E-state index is 13.3. The number of carbonyl (C=O) groups excluding carboxylic acids is 3. The van der Waals surface area contributed by atoms with E-state index in [2.05, 4.69) is 5.32 Å². The molecule has 0 saturated carbocycles. The number of thioether (sulfide) groups is 1. The predicted molar refractivity (Wildman–Crippen MR) is 122 cm³/mol. The van der Waals surface area contributed by atoms with Gasteiger partial charge in [-0.1, -0.05) is 29.3 Å². The van der Waals surface area contributed by atoms with Gasteiger partial charge in [-0.25, -0.2) is 4.39 Å². The fourth-order valence-electron chi connectivity index (χ4n) is 2.91. The van der Waals surface area contributed by atoms with Gasteiger partial charge >= 0.3 is 0 Å². The Morgan fingerprint density at radius 2 is 1.91 bits per heavy atom. The van der Waals surface area contributed by atoms with Gasteiger partial charge in [0.15, 0.2) is 0 Å². The first-order chi connectivity index (χ1) is 15.3. The zero-order chi connectivity index (χ0) is 22.8. The van der Waals surface area contributed by atoms with Gasteiger partial charge < -0.3 is 9.73 Å². The number of rotatable bonds is 5. The molecule has 0 atom stereocenters. The van der Waals surface area contributed by atoms with Gasteiger partial charge in [-0.15, -0.1) is 0 Å². The van der Waals surface area contributed by atoms with E-state index in [1.165, 1.54) is 24.3 Å². The first-order valence-corrected chi connectivity index (χ1v) is 10.7. The molecule has 3 aromatic rings. The molecule has 0 spiro atoms. The van der Waals surface area contributed by atoms with Gasteiger partial charge in [0, 0.05) is 17.3 Å². The smallest absolute Gasteiger partial charge is 0.294 e. The van der Waals surface area contributed by atoms with Gasteiger partial charge in [0.25, 0.3) is 11.1 Å². The van der Waals surface area contributed by atoms with Crippen LogP contribution in [0.25, 0.3) is 17.4 Å². The van der Waals surface area contributed by atoms with Crippen molar-refractivity contribution in [3.05, 3.63) is 81.1 Å². The van der Waals surface area contributed by atoms with Crippen molar-refractivity contribution < 1.29 is 23.2 Å². The van der Waals surface area contributed by atoms with E-state index < -0.39 is 29.4 Å². The van der Waals surface area contributed by atoms with Crippen molar-refractivity contribution in [3.63, 3.8) is 0 Å². The molecule has 1 saturated heterocycles. The van der Waals surface area contributed by atoms with Crippen LogP contribution in [0.4, 0.5) is 14.9 Å². The third kappa shape index (κ3) is 4.88. The molecule has 3 amide bonds. The molecule has 2 heterocycles. The molecule has 4 rings (SSSR count). The molecule has 32 heavy (non-hydrogen) atoms. The van der Waals surface area contributed by atoms with E-state index >= 15 is 0 Å². The second-order valence-electron chi connectivity index (χ2n) is 6.66. The van der Waals surface area contributed by atoms with Crippen LogP contribution in [0.5, 0.6) is 0 Å². The molecule has 162 valence electrons. The second-order valence-corrected chi connectivity index (χ2v) is 8.46. The summed E-state index contributed by atoms with van der Waals surface area (Å²) in [5.74, 6) is -0.916. The van der Waals surface area contributed by atoms with Crippen LogP contribution in [0.2, 0.25) is 10.0 Å². The number of benzene rings is 2. The van der Waals surface area contributed by atoms with Gasteiger partial charge in [-0.3, -0.25) is 19.3 Å². The Kier molecular flexibility index (Phi) is 6.36. The van der Waals surface area contributed by atoms with Crippen molar-refractivity contribution in [1.82, 2.24) is 4.90 Å². The molecule has 1 aliphatic heterocycles. The minimum Gasteiger partial charge on any atom is -0.457 e. The quantitative estimate of drug-likeness (QED) is 0.439. The normalized spacial score (nSPS) is 15.0. The SMILES string of the molecule is O=C(CN1C(=O)S/C(=C\c2ccc(-c3ccc(Cl)c(Cl)c3)o2)C1=O)Nc1cccc(F)c1. The maximum atomic E-state index is 13.3. The molecule has 1 N–H and O–H groups in total. The highest BCUT2D eigenvalue weighted by atomic mass is 35.5. The Labute approximate surface area is 196 Å². The topological polar surface area (TPSA) is 79.6 Å². The Morgan fingerprint density at radius 3 is 2.66 bits per heavy atom. The predicted octanol–water partition coefficient (Wildman–Crippen LogP) is 6.07. The van der Waals surface area contributed by atoms with E-state index in [9.17, 15) is 18.8 Å². The molecule has 1 fully saturated rings. The van der Waals surface area contributed by atoms with Crippen molar-refractivity contribution in [2.24, 2.45) is 0 Å². The number of nitrogens with zero attached hydrogens (tertiary/aromatic N) is 1. The van der Waals surface area contributed by atoms with Crippen LogP contribution in [0.3, 0.4) is 0 Å². The first kappa shape index (κ1) is 22.1. The first-order valence-electron chi connectivity index (χ1n) is 9.16. The van der Waals surface area contributed by atoms with Gasteiger partial charge in [-0.2, -0.15) is 0 Å². The fourth-order valence-corrected chi connectivity index (χ4v) is 4.03. The average Bonchev–Trinajstić information content (AvgIpc) is 3.30. The second kappa shape index (κ2) is 9.20. The number of nitrogens with one attached hydrogen (secondary N) is 1. The Balaban J connectivity index is 1.46. The van der Waals surface area contributed by atoms with E-state index in [0.29, 0.717) is 38.9 Å². The molecule has 1 aromatic heterocycles. The molecule has 0 bridgehead atoms. The number of furan rings is 1. The largest absolute Gasteiger partial charge is 0.457 e. The van der Waals surface area contributed by atoms with Crippen LogP contribution in [0, 0.1) is 5.82 Å². The van der Waals surface area contributed by atoms with Crippen molar-refractivity contribution in [2.75, 3.05) is 11.9 Å². The molecule has 6 nitrogen and oxygen atoms in total. The summed E-state index contributed by atoms with van der Waals surface area (Å²) >= 11 is 12.7. The van der Waals surface area contributed by atoms with Crippen LogP contribution in [-0.4, -0.2) is 28.5 Å². The van der Waals surface area contributed by atoms with Crippen molar-refractivity contribution in [3.8, 4) is 11.3 Å². The van der Waals surface area contributed by atoms with Crippen LogP contribution < -0.4 is 5.32 Å². The summed E-state index contributed by atoms with van der Waals surface area (Å²) in [6, 6.07) is 13.7. The third-order valence-electron chi connectivity index (χ3n) is 4.39. The summed E-state index contributed by atoms with van der Waals surface area (Å²) in [6.45, 7) is -0.495. The molecular formula is C22H13Cl2FN2O4S. The number of hydrogen-bond donors (Lipinski definition) is 1. The minimum atomic E-state index is -0.626. The van der Waals surface area contributed by atoms with Gasteiger partial charge in [0.2, 0.25) is 5.91 Å². The Hall–Kier alpha value is -3.07. The number of halogens is 3. The van der Waals surface area contributed by atoms with Crippen molar-refractivity contribution >= 4 is 63.8 Å². The molecule has 10 heteroatoms. The lowest BCUT2D eigenvalue weighted by molar-refractivity contribution is -0.127. The monoisotopic (exact) mass is 490 g/mol. The fraction of sp³-hybridized carbons (Fsp3) is 0.0455. The summed E-state index contributed by atoms with van der Waals surface area (Å²) in [5.41, 5.74) is 0.920. The molecule has 0 unspecified atom stereocenters. The van der Waals surface area contributed by atoms with Crippen LogP contribution in [0.15, 0.2) is 63.9 Å². The van der Waals surface area contributed by atoms with Crippen LogP contribution in [-0.2, 0) is 9.59 Å². The van der Waals surface area contributed by atoms with E-state index in [-0.39, 0.29) is 10.6 Å². The summed E-state index contributed by atoms with van der Waals surface area (Å²) in [4.78, 5) is 38.0. The van der Waals surface area contributed by atoms with Gasteiger partial charge in [0.05, 0.1) is 15.0 Å². The number of hydrogen-bond acceptors (Lipinski definition) is 5. The zero-order valence-electron chi connectivity index (χ0n) is 16.1. The third-order valence-corrected chi connectivity index (χ3v) is 6.03. The molecule has 0 radical (unpaired) electrons. The number of imide groups is 1. The molecule has 0 aliphatic carbocycles. The summed E-state index contributed by atoms with van der Waals surface area (Å²) in [7, 11) is 0. The van der Waals surface area contributed by atoms with E-state index in [1.807, 2.05) is 0 Å². The summed E-state index contributed by atoms with van der Waals surface area (Å²) < 4.78 is 19.0. The summed E-state index contributed by atoms with van der Waals surface area (Å²) in [5, 5.41) is 2.65. The lowest BCUT2D eigenvalue weighted by atomic mass is 10.2. The zero-order valence-corrected chi connectivity index (χ0v) is 18.4. The van der Waals surface area contributed by atoms with Crippen LogP contribution >= 0.6 is 35.0 Å². The highest BCUT2D eigenvalue weighted by Gasteiger charge is 2.36. The molecule has 1 aliphatic rings. The highest BCUT2D eigenvalue weighted by molar-refractivity contribution is 8.18. The van der Waals surface area contributed by atoms with Crippen LogP contribution in [0.1, 0.15) is 5.76 Å².